The number of thiazole rings is 1. The van der Waals surface area contributed by atoms with Crippen molar-refractivity contribution in [3.8, 4) is 0 Å². The molecule has 190 valence electrons. The monoisotopic (exact) mass is 531 g/mol. The maximum absolute atomic E-state index is 13.0. The van der Waals surface area contributed by atoms with Gasteiger partial charge in [0.25, 0.3) is 11.8 Å². The normalized spacial score (nSPS) is 18.8. The average molecular weight is 532 g/mol. The van der Waals surface area contributed by atoms with Crippen LogP contribution in [-0.4, -0.2) is 83.5 Å². The first-order valence-electron chi connectivity index (χ1n) is 9.66. The van der Waals surface area contributed by atoms with E-state index in [9.17, 15) is 32.5 Å². The zero-order chi connectivity index (χ0) is 26.1. The van der Waals surface area contributed by atoms with Crippen molar-refractivity contribution < 1.29 is 37.3 Å². The van der Waals surface area contributed by atoms with E-state index in [1.807, 2.05) is 0 Å². The lowest BCUT2D eigenvalue weighted by Crippen LogP contribution is -2.73. The Morgan fingerprint density at radius 3 is 2.60 bits per heavy atom. The Balaban J connectivity index is 1.89. The van der Waals surface area contributed by atoms with Gasteiger partial charge in [0.15, 0.2) is 10.8 Å². The minimum Gasteiger partial charge on any atom is -0.478 e. The summed E-state index contributed by atoms with van der Waals surface area (Å²) < 4.78 is 33.0. The number of carboxylic acids is 1. The van der Waals surface area contributed by atoms with E-state index in [1.54, 1.807) is 0 Å². The molecule has 1 aliphatic rings. The van der Waals surface area contributed by atoms with Gasteiger partial charge in [-0.05, 0) is 13.8 Å². The molecule has 17 nitrogen and oxygen atoms in total. The van der Waals surface area contributed by atoms with Gasteiger partial charge < -0.3 is 26.7 Å². The molecule has 1 aliphatic heterocycles. The van der Waals surface area contributed by atoms with Gasteiger partial charge in [0.2, 0.25) is 5.60 Å². The second kappa shape index (κ2) is 9.52. The van der Waals surface area contributed by atoms with Crippen molar-refractivity contribution in [2.75, 3.05) is 5.73 Å². The number of carboxylic acid groups (broad SMARTS) is 1. The van der Waals surface area contributed by atoms with E-state index in [0.717, 1.165) is 16.1 Å². The van der Waals surface area contributed by atoms with Gasteiger partial charge >= 0.3 is 16.3 Å². The highest BCUT2D eigenvalue weighted by atomic mass is 32.2. The van der Waals surface area contributed by atoms with Crippen LogP contribution in [0.25, 0.3) is 0 Å². The van der Waals surface area contributed by atoms with E-state index in [-0.39, 0.29) is 28.2 Å². The fourth-order valence-electron chi connectivity index (χ4n) is 2.83. The number of oxime groups is 1. The summed E-state index contributed by atoms with van der Waals surface area (Å²) in [7, 11) is -4.97. The number of carbonyl (C=O) groups excluding carboxylic acids is 2. The Labute approximate surface area is 201 Å². The van der Waals surface area contributed by atoms with Gasteiger partial charge in [-0.2, -0.15) is 23.4 Å². The molecule has 3 rings (SSSR count). The molecule has 19 heteroatoms. The van der Waals surface area contributed by atoms with E-state index in [4.69, 9.17) is 16.3 Å². The van der Waals surface area contributed by atoms with Crippen molar-refractivity contribution in [2.24, 2.45) is 10.9 Å². The zero-order valence-electron chi connectivity index (χ0n) is 18.2. The van der Waals surface area contributed by atoms with Crippen LogP contribution in [0.4, 0.5) is 5.13 Å². The van der Waals surface area contributed by atoms with Crippen molar-refractivity contribution >= 4 is 50.3 Å². The van der Waals surface area contributed by atoms with E-state index in [1.165, 1.54) is 25.4 Å². The molecule has 35 heavy (non-hydrogen) atoms. The summed E-state index contributed by atoms with van der Waals surface area (Å²) in [4.78, 5) is 46.8. The van der Waals surface area contributed by atoms with E-state index >= 15 is 0 Å². The summed E-state index contributed by atoms with van der Waals surface area (Å²) in [6.07, 6.45) is 1.32. The summed E-state index contributed by atoms with van der Waals surface area (Å²) in [5.41, 5.74) is 9.02. The molecule has 0 spiro atoms. The number of nitrogens with two attached hydrogens (primary N) is 2. The van der Waals surface area contributed by atoms with Gasteiger partial charge in [0.1, 0.15) is 17.8 Å². The van der Waals surface area contributed by atoms with Crippen LogP contribution in [-0.2, 0) is 42.6 Å². The second-order valence-electron chi connectivity index (χ2n) is 7.64. The number of β-lactam (4-membered cyclic amide) rings is 1. The topological polar surface area (TPSA) is 258 Å². The minimum atomic E-state index is -4.97. The Morgan fingerprint density at radius 2 is 2.09 bits per heavy atom. The number of aliphatic carboxylic acids is 1. The number of nitrogen functional groups attached to an aromatic ring is 1. The van der Waals surface area contributed by atoms with Crippen LogP contribution >= 0.6 is 11.3 Å². The molecule has 1 saturated heterocycles. The Morgan fingerprint density at radius 1 is 1.40 bits per heavy atom. The molecule has 2 amide bonds. The van der Waals surface area contributed by atoms with Gasteiger partial charge in [-0.3, -0.25) is 14.1 Å². The molecular weight excluding hydrogens is 510 g/mol. The number of hydrogen-bond acceptors (Lipinski definition) is 13. The third-order valence-electron chi connectivity index (χ3n) is 4.71. The number of aromatic nitrogens is 4. The number of carbonyl (C=O) groups is 3. The predicted octanol–water partition coefficient (Wildman–Crippen LogP) is -2.44. The van der Waals surface area contributed by atoms with Crippen LogP contribution in [0.3, 0.4) is 0 Å². The summed E-state index contributed by atoms with van der Waals surface area (Å²) in [6.45, 7) is 2.10. The summed E-state index contributed by atoms with van der Waals surface area (Å²) in [5, 5.41) is 24.4. The molecule has 0 aliphatic carbocycles. The van der Waals surface area contributed by atoms with E-state index < -0.39 is 51.5 Å². The van der Waals surface area contributed by atoms with E-state index in [2.05, 4.69) is 25.7 Å². The zero-order valence-corrected chi connectivity index (χ0v) is 19.9. The molecule has 3 heterocycles. The van der Waals surface area contributed by atoms with Gasteiger partial charge in [-0.1, -0.05) is 5.16 Å². The molecule has 7 N–H and O–H groups in total. The predicted molar refractivity (Wildman–Crippen MR) is 118 cm³/mol. The van der Waals surface area contributed by atoms with Crippen LogP contribution in [0.2, 0.25) is 0 Å². The third kappa shape index (κ3) is 5.53. The first kappa shape index (κ1) is 25.9. The summed E-state index contributed by atoms with van der Waals surface area (Å²) >= 11 is 0.956. The smallest absolute Gasteiger partial charge is 0.362 e. The molecule has 2 aromatic rings. The lowest BCUT2D eigenvalue weighted by Gasteiger charge is -2.43. The lowest BCUT2D eigenvalue weighted by atomic mass is 9.98. The van der Waals surface area contributed by atoms with Crippen LogP contribution in [0.15, 0.2) is 16.7 Å². The number of amides is 2. The molecule has 0 aromatic carbocycles. The van der Waals surface area contributed by atoms with Crippen molar-refractivity contribution in [3.05, 3.63) is 23.0 Å². The molecule has 2 atom stereocenters. The Hall–Kier alpha value is -3.68. The molecule has 2 aromatic heterocycles. The molecule has 0 bridgehead atoms. The number of rotatable bonds is 10. The van der Waals surface area contributed by atoms with Crippen molar-refractivity contribution in [1.29, 1.82) is 0 Å². The van der Waals surface area contributed by atoms with Crippen molar-refractivity contribution in [2.45, 2.75) is 44.6 Å². The SMILES string of the molecule is CC(C)(ON=C(C(=O)NC1C(=O)N(S(=O)(=O)O)C1Cn1ncc(CN)n1)c1csc(N)n1)C(=O)O. The molecule has 2 unspecified atom stereocenters. The third-order valence-corrected chi connectivity index (χ3v) is 6.33. The number of nitrogens with one attached hydrogen (secondary N) is 1. The Kier molecular flexibility index (Phi) is 7.06. The van der Waals surface area contributed by atoms with Gasteiger partial charge in [0, 0.05) is 11.9 Å². The highest BCUT2D eigenvalue weighted by Crippen LogP contribution is 2.25. The highest BCUT2D eigenvalue weighted by molar-refractivity contribution is 7.84. The fourth-order valence-corrected chi connectivity index (χ4v) is 4.25. The fraction of sp³-hybridized carbons (Fsp3) is 0.438. The number of anilines is 1. The first-order valence-corrected chi connectivity index (χ1v) is 11.9. The van der Waals surface area contributed by atoms with Crippen LogP contribution in [0, 0.1) is 0 Å². The van der Waals surface area contributed by atoms with Crippen molar-refractivity contribution in [3.63, 3.8) is 0 Å². The van der Waals surface area contributed by atoms with Crippen LogP contribution in [0.5, 0.6) is 0 Å². The van der Waals surface area contributed by atoms with Crippen LogP contribution in [0.1, 0.15) is 25.2 Å². The maximum atomic E-state index is 13.0. The van der Waals surface area contributed by atoms with Gasteiger partial charge in [0.05, 0.1) is 18.4 Å². The standard InChI is InChI=1S/C16H21N9O8S2/c1-16(2,14(28)29)33-23-10(8-6-34-15(18)20-8)12(26)21-11-9(25(13(11)27)35(30,31)32)5-24-19-4-7(3-17)22-24/h4,6,9,11H,3,5,17H2,1-2H3,(H2,18,20)(H,21,26)(H,28,29)(H,30,31,32). The number of hydrogen-bond donors (Lipinski definition) is 5. The summed E-state index contributed by atoms with van der Waals surface area (Å²) in [5.74, 6) is -3.56. The number of nitrogens with zero attached hydrogens (tertiary/aromatic N) is 6. The average Bonchev–Trinajstić information content (AvgIpc) is 3.39. The quantitative estimate of drug-likeness (QED) is 0.0924. The lowest BCUT2D eigenvalue weighted by molar-refractivity contribution is -0.161. The van der Waals surface area contributed by atoms with Crippen LogP contribution < -0.4 is 16.8 Å². The first-order chi connectivity index (χ1) is 16.2. The maximum Gasteiger partial charge on any atom is 0.362 e. The molecule has 0 saturated carbocycles. The molecular formula is C16H21N9O8S2. The van der Waals surface area contributed by atoms with Crippen molar-refractivity contribution in [1.82, 2.24) is 29.6 Å². The second-order valence-corrected chi connectivity index (χ2v) is 9.82. The largest absolute Gasteiger partial charge is 0.478 e. The van der Waals surface area contributed by atoms with Gasteiger partial charge in [-0.15, -0.1) is 11.3 Å². The summed E-state index contributed by atoms with van der Waals surface area (Å²) in [6, 6.07) is -2.76. The molecule has 0 radical (unpaired) electrons. The van der Waals surface area contributed by atoms with E-state index in [0.29, 0.717) is 5.69 Å². The van der Waals surface area contributed by atoms with Gasteiger partial charge in [-0.25, -0.2) is 14.1 Å². The minimum absolute atomic E-state index is 0.0507. The molecule has 1 fully saturated rings. The Bertz CT molecular complexity index is 1290. The highest BCUT2D eigenvalue weighted by Gasteiger charge is 2.54.